The molecule has 2 aromatic carbocycles. The summed E-state index contributed by atoms with van der Waals surface area (Å²) in [5, 5.41) is 13.5. The van der Waals surface area contributed by atoms with Gasteiger partial charge in [0, 0.05) is 36.3 Å². The molecule has 1 atom stereocenters. The number of hydrogen-bond acceptors (Lipinski definition) is 7. The molecule has 1 saturated heterocycles. The minimum atomic E-state index is -0.0882. The van der Waals surface area contributed by atoms with Gasteiger partial charge in [-0.25, -0.2) is 4.68 Å². The topological polar surface area (TPSA) is 98.2 Å². The number of tetrazole rings is 1. The number of hydrogen-bond donors (Lipinski definition) is 1. The van der Waals surface area contributed by atoms with Crippen LogP contribution < -0.4 is 10.3 Å². The van der Waals surface area contributed by atoms with E-state index >= 15 is 0 Å². The predicted octanol–water partition coefficient (Wildman–Crippen LogP) is 3.52. The Balaban J connectivity index is 1.46. The molecule has 0 saturated carbocycles. The lowest BCUT2D eigenvalue weighted by Crippen LogP contribution is -2.29. The first-order valence-electron chi connectivity index (χ1n) is 12.3. The number of aromatic nitrogens is 5. The quantitative estimate of drug-likeness (QED) is 0.385. The first kappa shape index (κ1) is 24.1. The van der Waals surface area contributed by atoms with E-state index in [0.29, 0.717) is 31.7 Å². The maximum Gasteiger partial charge on any atom is 0.252 e. The van der Waals surface area contributed by atoms with Gasteiger partial charge in [-0.2, -0.15) is 0 Å². The van der Waals surface area contributed by atoms with E-state index in [1.165, 1.54) is 5.56 Å². The minimum absolute atomic E-state index is 0.0882. The second-order valence-electron chi connectivity index (χ2n) is 9.52. The lowest BCUT2D eigenvalue weighted by molar-refractivity contribution is 0.0914. The number of fused-ring (bicyclic) bond motifs is 1. The molecule has 1 fully saturated rings. The van der Waals surface area contributed by atoms with Crippen LogP contribution in [0, 0.1) is 13.8 Å². The third kappa shape index (κ3) is 5.32. The molecule has 5 rings (SSSR count). The maximum absolute atomic E-state index is 13.1. The molecule has 9 heteroatoms. The van der Waals surface area contributed by atoms with Crippen molar-refractivity contribution in [1.82, 2.24) is 30.1 Å². The third-order valence-electron chi connectivity index (χ3n) is 6.89. The van der Waals surface area contributed by atoms with Gasteiger partial charge in [-0.3, -0.25) is 9.69 Å². The maximum atomic E-state index is 13.1. The van der Waals surface area contributed by atoms with E-state index in [9.17, 15) is 4.79 Å². The van der Waals surface area contributed by atoms with Gasteiger partial charge in [-0.1, -0.05) is 18.2 Å². The van der Waals surface area contributed by atoms with Gasteiger partial charge in [0.15, 0.2) is 5.82 Å². The zero-order valence-corrected chi connectivity index (χ0v) is 21.0. The fraction of sp³-hybridized carbons (Fsp3) is 0.407. The monoisotopic (exact) mass is 488 g/mol. The Kier molecular flexibility index (Phi) is 7.11. The molecule has 0 radical (unpaired) electrons. The highest BCUT2D eigenvalue weighted by Gasteiger charge is 2.21. The second kappa shape index (κ2) is 10.6. The lowest BCUT2D eigenvalue weighted by atomic mass is 10.0. The van der Waals surface area contributed by atoms with Crippen LogP contribution in [0.2, 0.25) is 0 Å². The summed E-state index contributed by atoms with van der Waals surface area (Å²) in [6.45, 7) is 7.02. The van der Waals surface area contributed by atoms with Gasteiger partial charge < -0.3 is 14.5 Å². The minimum Gasteiger partial charge on any atom is -0.496 e. The number of rotatable bonds is 9. The number of benzene rings is 2. The molecular weight excluding hydrogens is 456 g/mol. The van der Waals surface area contributed by atoms with E-state index in [1.54, 1.807) is 7.11 Å². The fourth-order valence-electron chi connectivity index (χ4n) is 4.78. The van der Waals surface area contributed by atoms with Crippen molar-refractivity contribution in [3.63, 3.8) is 0 Å². The van der Waals surface area contributed by atoms with E-state index in [0.717, 1.165) is 53.1 Å². The highest BCUT2D eigenvalue weighted by Crippen LogP contribution is 2.23. The van der Waals surface area contributed by atoms with Gasteiger partial charge >= 0.3 is 0 Å². The molecular formula is C27H32N6O3. The number of methoxy groups -OCH3 is 1. The zero-order valence-electron chi connectivity index (χ0n) is 21.0. The van der Waals surface area contributed by atoms with Gasteiger partial charge in [0.2, 0.25) is 0 Å². The number of pyridine rings is 1. The summed E-state index contributed by atoms with van der Waals surface area (Å²) in [5.41, 5.74) is 4.83. The third-order valence-corrected chi connectivity index (χ3v) is 6.89. The molecule has 0 spiro atoms. The molecule has 188 valence electrons. The van der Waals surface area contributed by atoms with Crippen molar-refractivity contribution in [2.24, 2.45) is 0 Å². The standard InChI is InChI=1S/C27H32N6O3/c1-18-11-21-13-22(27(34)28-24(21)12-19(18)2)15-32(14-20-7-4-5-9-25(20)35-3)17-26-29-30-31-33(26)16-23-8-6-10-36-23/h4-5,7,9,11-13,23H,6,8,10,14-17H2,1-3H3,(H,28,34)/t23-/m0/s1. The van der Waals surface area contributed by atoms with Gasteiger partial charge in [0.05, 0.1) is 26.3 Å². The Hall–Kier alpha value is -3.56. The van der Waals surface area contributed by atoms with Crippen LogP contribution in [0.3, 0.4) is 0 Å². The highest BCUT2D eigenvalue weighted by atomic mass is 16.5. The van der Waals surface area contributed by atoms with Crippen LogP contribution in [0.1, 0.15) is 40.9 Å². The summed E-state index contributed by atoms with van der Waals surface area (Å²) in [6, 6.07) is 14.1. The summed E-state index contributed by atoms with van der Waals surface area (Å²) >= 11 is 0. The number of H-pyrrole nitrogens is 1. The van der Waals surface area contributed by atoms with Gasteiger partial charge in [-0.05, 0) is 77.9 Å². The van der Waals surface area contributed by atoms with Gasteiger partial charge in [-0.15, -0.1) is 5.10 Å². The number of aromatic amines is 1. The van der Waals surface area contributed by atoms with E-state index in [1.807, 2.05) is 41.1 Å². The smallest absolute Gasteiger partial charge is 0.252 e. The van der Waals surface area contributed by atoms with Crippen molar-refractivity contribution in [2.45, 2.75) is 59.0 Å². The number of para-hydroxylation sites is 1. The van der Waals surface area contributed by atoms with E-state index in [4.69, 9.17) is 9.47 Å². The molecule has 3 heterocycles. The van der Waals surface area contributed by atoms with Gasteiger partial charge in [0.1, 0.15) is 5.75 Å². The van der Waals surface area contributed by atoms with Crippen molar-refractivity contribution >= 4 is 10.9 Å². The Morgan fingerprint density at radius 1 is 1.11 bits per heavy atom. The molecule has 0 aliphatic carbocycles. The van der Waals surface area contributed by atoms with Gasteiger partial charge in [0.25, 0.3) is 5.56 Å². The SMILES string of the molecule is COc1ccccc1CN(Cc1cc2cc(C)c(C)cc2[nH]c1=O)Cc1nnnn1C[C@@H]1CCCO1. The fourth-order valence-corrected chi connectivity index (χ4v) is 4.78. The lowest BCUT2D eigenvalue weighted by Gasteiger charge is -2.23. The van der Waals surface area contributed by atoms with Crippen LogP contribution in [-0.2, 0) is 30.9 Å². The Labute approximate surface area is 210 Å². The second-order valence-corrected chi connectivity index (χ2v) is 9.52. The first-order chi connectivity index (χ1) is 17.5. The average molecular weight is 489 g/mol. The summed E-state index contributed by atoms with van der Waals surface area (Å²) in [7, 11) is 1.67. The van der Waals surface area contributed by atoms with E-state index < -0.39 is 0 Å². The van der Waals surface area contributed by atoms with Crippen LogP contribution in [0.15, 0.2) is 47.3 Å². The predicted molar refractivity (Wildman–Crippen MR) is 137 cm³/mol. The number of ether oxygens (including phenoxy) is 2. The van der Waals surface area contributed by atoms with Crippen LogP contribution in [0.5, 0.6) is 5.75 Å². The van der Waals surface area contributed by atoms with Crippen LogP contribution in [0.25, 0.3) is 10.9 Å². The number of nitrogens with one attached hydrogen (secondary N) is 1. The molecule has 0 bridgehead atoms. The molecule has 2 aromatic heterocycles. The molecule has 1 N–H and O–H groups in total. The van der Waals surface area contributed by atoms with E-state index in [-0.39, 0.29) is 11.7 Å². The van der Waals surface area contributed by atoms with Crippen molar-refractivity contribution in [3.05, 3.63) is 80.9 Å². The van der Waals surface area contributed by atoms with E-state index in [2.05, 4.69) is 45.3 Å². The molecule has 1 aliphatic rings. The summed E-state index contributed by atoms with van der Waals surface area (Å²) in [6.07, 6.45) is 2.20. The van der Waals surface area contributed by atoms with Crippen LogP contribution in [0.4, 0.5) is 0 Å². The zero-order chi connectivity index (χ0) is 25.1. The van der Waals surface area contributed by atoms with Crippen molar-refractivity contribution in [1.29, 1.82) is 0 Å². The van der Waals surface area contributed by atoms with Crippen molar-refractivity contribution in [2.75, 3.05) is 13.7 Å². The summed E-state index contributed by atoms with van der Waals surface area (Å²) in [5.74, 6) is 1.55. The average Bonchev–Trinajstić information content (AvgIpc) is 3.54. The normalized spacial score (nSPS) is 15.7. The molecule has 1 aliphatic heterocycles. The number of aryl methyl sites for hydroxylation is 2. The molecule has 0 amide bonds. The Morgan fingerprint density at radius 2 is 1.92 bits per heavy atom. The number of nitrogens with zero attached hydrogens (tertiary/aromatic N) is 5. The highest BCUT2D eigenvalue weighted by molar-refractivity contribution is 5.80. The molecule has 4 aromatic rings. The van der Waals surface area contributed by atoms with Crippen molar-refractivity contribution in [3.8, 4) is 5.75 Å². The van der Waals surface area contributed by atoms with Crippen LogP contribution in [-0.4, -0.2) is 49.9 Å². The first-order valence-corrected chi connectivity index (χ1v) is 12.3. The summed E-state index contributed by atoms with van der Waals surface area (Å²) in [4.78, 5) is 18.3. The molecule has 36 heavy (non-hydrogen) atoms. The molecule has 0 unspecified atom stereocenters. The largest absolute Gasteiger partial charge is 0.496 e. The molecule has 9 nitrogen and oxygen atoms in total. The van der Waals surface area contributed by atoms with Crippen LogP contribution >= 0.6 is 0 Å². The summed E-state index contributed by atoms with van der Waals surface area (Å²) < 4.78 is 13.2. The van der Waals surface area contributed by atoms with Crippen molar-refractivity contribution < 1.29 is 9.47 Å². The Bertz CT molecular complexity index is 1410. The Morgan fingerprint density at radius 3 is 2.72 bits per heavy atom.